The molecule has 1 N–H and O–H groups in total. The van der Waals surface area contributed by atoms with E-state index in [4.69, 9.17) is 11.6 Å². The van der Waals surface area contributed by atoms with Gasteiger partial charge in [-0.25, -0.2) is 9.78 Å². The number of rotatable bonds is 2. The number of pyridine rings is 1. The number of carboxylic acids is 1. The topological polar surface area (TPSA) is 50.2 Å². The van der Waals surface area contributed by atoms with E-state index in [9.17, 15) is 9.90 Å². The van der Waals surface area contributed by atoms with Crippen molar-refractivity contribution in [1.82, 2.24) is 4.98 Å². The number of fused-ring (bicyclic) bond motifs is 1. The van der Waals surface area contributed by atoms with Gasteiger partial charge < -0.3 is 5.11 Å². The number of halogens is 2. The number of hydrogen-bond acceptors (Lipinski definition) is 2. The normalized spacial score (nSPS) is 10.9. The quantitative estimate of drug-likeness (QED) is 0.658. The Kier molecular flexibility index (Phi) is 3.89. The van der Waals surface area contributed by atoms with Gasteiger partial charge in [-0.1, -0.05) is 45.7 Å². The summed E-state index contributed by atoms with van der Waals surface area (Å²) in [7, 11) is 0. The third-order valence-corrected chi connectivity index (χ3v) is 4.36. The van der Waals surface area contributed by atoms with E-state index in [1.54, 1.807) is 25.1 Å². The van der Waals surface area contributed by atoms with E-state index >= 15 is 0 Å². The minimum atomic E-state index is -0.976. The summed E-state index contributed by atoms with van der Waals surface area (Å²) in [5.74, 6) is -0.976. The van der Waals surface area contributed by atoms with Crippen molar-refractivity contribution in [3.63, 3.8) is 0 Å². The largest absolute Gasteiger partial charge is 0.478 e. The summed E-state index contributed by atoms with van der Waals surface area (Å²) in [6, 6.07) is 12.7. The second-order valence-electron chi connectivity index (χ2n) is 4.91. The van der Waals surface area contributed by atoms with Crippen LogP contribution in [0.2, 0.25) is 5.02 Å². The Morgan fingerprint density at radius 2 is 1.95 bits per heavy atom. The molecule has 3 nitrogen and oxygen atoms in total. The van der Waals surface area contributed by atoms with Crippen LogP contribution in [0.4, 0.5) is 0 Å². The lowest BCUT2D eigenvalue weighted by Crippen LogP contribution is -2.05. The Bertz CT molecular complexity index is 909. The van der Waals surface area contributed by atoms with E-state index in [0.717, 1.165) is 10.0 Å². The van der Waals surface area contributed by atoms with Crippen LogP contribution in [0.25, 0.3) is 22.2 Å². The van der Waals surface area contributed by atoms with Crippen LogP contribution in [0.15, 0.2) is 46.9 Å². The van der Waals surface area contributed by atoms with Crippen LogP contribution in [0.3, 0.4) is 0 Å². The van der Waals surface area contributed by atoms with Gasteiger partial charge in [-0.3, -0.25) is 0 Å². The average molecular weight is 377 g/mol. The van der Waals surface area contributed by atoms with Crippen molar-refractivity contribution >= 4 is 44.4 Å². The third kappa shape index (κ3) is 2.49. The molecule has 22 heavy (non-hydrogen) atoms. The van der Waals surface area contributed by atoms with Gasteiger partial charge >= 0.3 is 5.97 Å². The summed E-state index contributed by atoms with van der Waals surface area (Å²) in [6.07, 6.45) is 0. The van der Waals surface area contributed by atoms with Crippen LogP contribution in [0.5, 0.6) is 0 Å². The Labute approximate surface area is 140 Å². The van der Waals surface area contributed by atoms with Gasteiger partial charge in [-0.05, 0) is 36.8 Å². The summed E-state index contributed by atoms with van der Waals surface area (Å²) < 4.78 is 0.814. The number of aromatic nitrogens is 1. The molecule has 0 radical (unpaired) electrons. The molecule has 3 aromatic rings. The molecule has 3 rings (SSSR count). The van der Waals surface area contributed by atoms with E-state index in [-0.39, 0.29) is 5.56 Å². The molecule has 0 saturated carbocycles. The molecule has 0 spiro atoms. The van der Waals surface area contributed by atoms with E-state index < -0.39 is 5.97 Å². The van der Waals surface area contributed by atoms with Gasteiger partial charge in [-0.2, -0.15) is 0 Å². The maximum atomic E-state index is 11.7. The number of nitrogens with zero attached hydrogens (tertiary/aromatic N) is 1. The zero-order chi connectivity index (χ0) is 15.9. The smallest absolute Gasteiger partial charge is 0.336 e. The van der Waals surface area contributed by atoms with Gasteiger partial charge in [0.05, 0.1) is 16.8 Å². The molecule has 0 aliphatic heterocycles. The van der Waals surface area contributed by atoms with Crippen molar-refractivity contribution in [2.75, 3.05) is 0 Å². The fraction of sp³-hybridized carbons (Fsp3) is 0.0588. The van der Waals surface area contributed by atoms with E-state index in [1.165, 1.54) is 0 Å². The van der Waals surface area contributed by atoms with Crippen molar-refractivity contribution in [3.8, 4) is 11.3 Å². The highest BCUT2D eigenvalue weighted by atomic mass is 79.9. The van der Waals surface area contributed by atoms with Crippen LogP contribution < -0.4 is 0 Å². The Morgan fingerprint density at radius 3 is 2.64 bits per heavy atom. The van der Waals surface area contributed by atoms with E-state index in [1.807, 2.05) is 24.3 Å². The van der Waals surface area contributed by atoms with Crippen LogP contribution in [0.1, 0.15) is 15.9 Å². The molecular weight excluding hydrogens is 366 g/mol. The highest BCUT2D eigenvalue weighted by Gasteiger charge is 2.19. The Hall–Kier alpha value is -1.91. The lowest BCUT2D eigenvalue weighted by atomic mass is 9.98. The van der Waals surface area contributed by atoms with E-state index in [2.05, 4.69) is 20.9 Å². The molecule has 0 fully saturated rings. The van der Waals surface area contributed by atoms with Gasteiger partial charge in [0.1, 0.15) is 0 Å². The summed E-state index contributed by atoms with van der Waals surface area (Å²) in [4.78, 5) is 16.4. The minimum absolute atomic E-state index is 0.251. The molecule has 110 valence electrons. The van der Waals surface area contributed by atoms with Crippen LogP contribution in [-0.4, -0.2) is 16.1 Å². The first-order chi connectivity index (χ1) is 10.5. The molecule has 0 saturated heterocycles. The van der Waals surface area contributed by atoms with Crippen LogP contribution >= 0.6 is 27.5 Å². The van der Waals surface area contributed by atoms with Gasteiger partial charge in [0.15, 0.2) is 0 Å². The average Bonchev–Trinajstić information content (AvgIpc) is 2.47. The molecule has 1 aromatic heterocycles. The molecule has 0 atom stereocenters. The number of carbonyl (C=O) groups is 1. The lowest BCUT2D eigenvalue weighted by molar-refractivity contribution is 0.0698. The van der Waals surface area contributed by atoms with Gasteiger partial charge in [0, 0.05) is 20.4 Å². The number of aromatic carboxylic acids is 1. The summed E-state index contributed by atoms with van der Waals surface area (Å²) in [5.41, 5.74) is 2.81. The lowest BCUT2D eigenvalue weighted by Gasteiger charge is -2.13. The SMILES string of the molecule is Cc1c(-c2ccccc2Cl)nc2ccc(Br)cc2c1C(=O)O. The van der Waals surface area contributed by atoms with Gasteiger partial charge in [0.2, 0.25) is 0 Å². The molecular formula is C17H11BrClNO2. The van der Waals surface area contributed by atoms with Gasteiger partial charge in [0.25, 0.3) is 0 Å². The molecule has 1 heterocycles. The minimum Gasteiger partial charge on any atom is -0.478 e. The van der Waals surface area contributed by atoms with Crippen molar-refractivity contribution in [1.29, 1.82) is 0 Å². The number of carboxylic acid groups (broad SMARTS) is 1. The van der Waals surface area contributed by atoms with Crippen LogP contribution in [0, 0.1) is 6.92 Å². The summed E-state index contributed by atoms with van der Waals surface area (Å²) in [5, 5.41) is 10.8. The number of hydrogen-bond donors (Lipinski definition) is 1. The zero-order valence-corrected chi connectivity index (χ0v) is 13.9. The summed E-state index contributed by atoms with van der Waals surface area (Å²) in [6.45, 7) is 1.76. The van der Waals surface area contributed by atoms with Crippen molar-refractivity contribution < 1.29 is 9.90 Å². The highest BCUT2D eigenvalue weighted by Crippen LogP contribution is 2.34. The fourth-order valence-corrected chi connectivity index (χ4v) is 3.11. The zero-order valence-electron chi connectivity index (χ0n) is 11.6. The first kappa shape index (κ1) is 15.0. The Morgan fingerprint density at radius 1 is 1.23 bits per heavy atom. The fourth-order valence-electron chi connectivity index (χ4n) is 2.52. The molecule has 0 amide bonds. The molecule has 0 aliphatic carbocycles. The van der Waals surface area contributed by atoms with Crippen molar-refractivity contribution in [2.24, 2.45) is 0 Å². The third-order valence-electron chi connectivity index (χ3n) is 3.53. The molecule has 5 heteroatoms. The first-order valence-electron chi connectivity index (χ1n) is 6.57. The second kappa shape index (κ2) is 5.71. The monoisotopic (exact) mass is 375 g/mol. The Balaban J connectivity index is 2.43. The summed E-state index contributed by atoms with van der Waals surface area (Å²) >= 11 is 9.62. The molecule has 0 aliphatic rings. The van der Waals surface area contributed by atoms with Crippen molar-refractivity contribution in [2.45, 2.75) is 6.92 Å². The second-order valence-corrected chi connectivity index (χ2v) is 6.23. The first-order valence-corrected chi connectivity index (χ1v) is 7.74. The molecule has 2 aromatic carbocycles. The van der Waals surface area contributed by atoms with Crippen LogP contribution in [-0.2, 0) is 0 Å². The number of benzene rings is 2. The van der Waals surface area contributed by atoms with Crippen molar-refractivity contribution in [3.05, 3.63) is 63.1 Å². The maximum Gasteiger partial charge on any atom is 0.336 e. The predicted molar refractivity (Wildman–Crippen MR) is 91.6 cm³/mol. The molecule has 0 unspecified atom stereocenters. The molecule has 0 bridgehead atoms. The van der Waals surface area contributed by atoms with Gasteiger partial charge in [-0.15, -0.1) is 0 Å². The standard InChI is InChI=1S/C17H11BrClNO2/c1-9-15(17(21)22)12-8-10(18)6-7-14(12)20-16(9)11-4-2-3-5-13(11)19/h2-8H,1H3,(H,21,22). The predicted octanol–water partition coefficient (Wildman–Crippen LogP) is 5.32. The highest BCUT2D eigenvalue weighted by molar-refractivity contribution is 9.10. The maximum absolute atomic E-state index is 11.7. The van der Waals surface area contributed by atoms with E-state index in [0.29, 0.717) is 27.2 Å².